The molecule has 0 saturated heterocycles. The summed E-state index contributed by atoms with van der Waals surface area (Å²) in [5, 5.41) is 3.66. The van der Waals surface area contributed by atoms with Gasteiger partial charge in [0, 0.05) is 36.1 Å². The minimum Gasteiger partial charge on any atom is -0.382 e. The Kier molecular flexibility index (Phi) is 7.91. The Hall–Kier alpha value is -2.67. The molecule has 3 N–H and O–H groups in total. The second-order valence-corrected chi connectivity index (χ2v) is 13.9. The fourth-order valence-electron chi connectivity index (χ4n) is 7.02. The van der Waals surface area contributed by atoms with Crippen LogP contribution in [-0.2, 0) is 0 Å². The van der Waals surface area contributed by atoms with Crippen molar-refractivity contribution in [2.45, 2.75) is 105 Å². The topological polar surface area (TPSA) is 84.9 Å². The molecule has 7 nitrogen and oxygen atoms in total. The molecule has 3 unspecified atom stereocenters. The summed E-state index contributed by atoms with van der Waals surface area (Å²) in [6.45, 7) is 19.6. The normalized spacial score (nSPS) is 27.5. The molecule has 3 atom stereocenters. The first-order valence-electron chi connectivity index (χ1n) is 15.0. The van der Waals surface area contributed by atoms with Gasteiger partial charge >= 0.3 is 0 Å². The molecule has 0 amide bonds. The smallest absolute Gasteiger partial charge is 0.165 e. The monoisotopic (exact) mass is 531 g/mol. The number of hydrogen-bond donors (Lipinski definition) is 2. The summed E-state index contributed by atoms with van der Waals surface area (Å²) in [6, 6.07) is 1.69. The summed E-state index contributed by atoms with van der Waals surface area (Å²) >= 11 is 0. The van der Waals surface area contributed by atoms with Gasteiger partial charge in [0.15, 0.2) is 11.5 Å². The summed E-state index contributed by atoms with van der Waals surface area (Å²) in [5.41, 5.74) is 11.8. The molecule has 2 fully saturated rings. The summed E-state index contributed by atoms with van der Waals surface area (Å²) in [6.07, 6.45) is 16.5. The van der Waals surface area contributed by atoms with Crippen LogP contribution in [0.4, 0.5) is 5.82 Å². The average molecular weight is 532 g/mol. The minimum atomic E-state index is 0.306. The Labute approximate surface area is 235 Å². The maximum atomic E-state index is 6.01. The van der Waals surface area contributed by atoms with E-state index in [4.69, 9.17) is 5.73 Å². The molecule has 7 heteroatoms. The first kappa shape index (κ1) is 27.9. The minimum absolute atomic E-state index is 0.306. The van der Waals surface area contributed by atoms with Crippen molar-refractivity contribution < 1.29 is 0 Å². The van der Waals surface area contributed by atoms with Crippen LogP contribution in [0.15, 0.2) is 48.4 Å². The van der Waals surface area contributed by atoms with E-state index in [1.54, 1.807) is 6.33 Å². The van der Waals surface area contributed by atoms with Crippen molar-refractivity contribution in [1.29, 1.82) is 0 Å². The maximum absolute atomic E-state index is 6.01. The molecule has 3 aliphatic rings. The van der Waals surface area contributed by atoms with Crippen LogP contribution in [0.5, 0.6) is 0 Å². The van der Waals surface area contributed by atoms with Gasteiger partial charge in [0.1, 0.15) is 11.8 Å². The highest BCUT2D eigenvalue weighted by Gasteiger charge is 2.37. The quantitative estimate of drug-likeness (QED) is 0.378. The number of nitrogens with two attached hydrogens (primary N) is 1. The van der Waals surface area contributed by atoms with Crippen molar-refractivity contribution >= 4 is 17.0 Å². The number of nitrogens with one attached hydrogen (secondary N) is 1. The van der Waals surface area contributed by atoms with Crippen molar-refractivity contribution in [2.75, 3.05) is 12.3 Å². The fraction of sp³-hybridized carbons (Fsp3) is 0.656. The van der Waals surface area contributed by atoms with E-state index in [9.17, 15) is 0 Å². The lowest BCUT2D eigenvalue weighted by Gasteiger charge is -2.46. The Balaban J connectivity index is 1.10. The van der Waals surface area contributed by atoms with Gasteiger partial charge in [-0.3, -0.25) is 4.90 Å². The molecule has 0 aliphatic heterocycles. The van der Waals surface area contributed by atoms with Gasteiger partial charge in [-0.15, -0.1) is 0 Å². The molecule has 2 aromatic heterocycles. The summed E-state index contributed by atoms with van der Waals surface area (Å²) < 4.78 is 2.23. The number of nitrogen functional groups attached to an aromatic ring is 1. The van der Waals surface area contributed by atoms with E-state index in [0.717, 1.165) is 29.9 Å². The summed E-state index contributed by atoms with van der Waals surface area (Å²) in [7, 11) is 0. The number of imidazole rings is 1. The highest BCUT2D eigenvalue weighted by molar-refractivity contribution is 5.81. The zero-order chi connectivity index (χ0) is 27.9. The molecule has 5 rings (SSSR count). The molecular weight excluding hydrogens is 482 g/mol. The average Bonchev–Trinajstić information content (AvgIpc) is 3.48. The predicted octanol–water partition coefficient (Wildman–Crippen LogP) is 6.63. The Bertz CT molecular complexity index is 1240. The molecule has 0 radical (unpaired) electrons. The molecule has 212 valence electrons. The SMILES string of the molecule is C=C(CC1CC(N(CC2CCC(n3cnc4c(N)ncnc43)C2)C(C)C)C1)NC1=C(C)CC(C(C)(C)C)C=C1. The first-order valence-corrected chi connectivity index (χ1v) is 15.0. The number of anilines is 1. The third-order valence-corrected chi connectivity index (χ3v) is 9.55. The third kappa shape index (κ3) is 6.08. The van der Waals surface area contributed by atoms with Crippen LogP contribution in [0.25, 0.3) is 11.2 Å². The van der Waals surface area contributed by atoms with E-state index in [0.29, 0.717) is 41.2 Å². The number of rotatable bonds is 9. The van der Waals surface area contributed by atoms with E-state index in [-0.39, 0.29) is 0 Å². The maximum Gasteiger partial charge on any atom is 0.165 e. The lowest BCUT2D eigenvalue weighted by molar-refractivity contribution is 0.0397. The van der Waals surface area contributed by atoms with Gasteiger partial charge in [0.2, 0.25) is 0 Å². The highest BCUT2D eigenvalue weighted by atomic mass is 15.2. The van der Waals surface area contributed by atoms with Crippen LogP contribution >= 0.6 is 0 Å². The van der Waals surface area contributed by atoms with Crippen LogP contribution < -0.4 is 11.1 Å². The van der Waals surface area contributed by atoms with E-state index in [1.807, 2.05) is 6.33 Å². The molecule has 2 heterocycles. The van der Waals surface area contributed by atoms with Gasteiger partial charge in [0.05, 0.1) is 6.33 Å². The number of aromatic nitrogens is 4. The van der Waals surface area contributed by atoms with Crippen molar-refractivity contribution in [3.8, 4) is 0 Å². The van der Waals surface area contributed by atoms with Crippen molar-refractivity contribution in [3.05, 3.63) is 48.4 Å². The van der Waals surface area contributed by atoms with Crippen molar-refractivity contribution in [3.63, 3.8) is 0 Å². The zero-order valence-corrected chi connectivity index (χ0v) is 25.0. The lowest BCUT2D eigenvalue weighted by atomic mass is 9.75. The second kappa shape index (κ2) is 11.1. The van der Waals surface area contributed by atoms with E-state index in [1.165, 1.54) is 55.6 Å². The number of fused-ring (bicyclic) bond motifs is 1. The Morgan fingerprint density at radius 3 is 2.62 bits per heavy atom. The van der Waals surface area contributed by atoms with Gasteiger partial charge < -0.3 is 15.6 Å². The molecule has 0 spiro atoms. The molecule has 39 heavy (non-hydrogen) atoms. The van der Waals surface area contributed by atoms with E-state index in [2.05, 4.69) is 90.0 Å². The molecule has 2 aromatic rings. The van der Waals surface area contributed by atoms with Gasteiger partial charge in [-0.2, -0.15) is 0 Å². The molecule has 0 aromatic carbocycles. The molecule has 3 aliphatic carbocycles. The molecule has 0 bridgehead atoms. The Morgan fingerprint density at radius 2 is 1.92 bits per heavy atom. The van der Waals surface area contributed by atoms with Gasteiger partial charge in [-0.1, -0.05) is 33.4 Å². The first-order chi connectivity index (χ1) is 18.5. The predicted molar refractivity (Wildman–Crippen MR) is 161 cm³/mol. The van der Waals surface area contributed by atoms with E-state index >= 15 is 0 Å². The number of hydrogen-bond acceptors (Lipinski definition) is 6. The summed E-state index contributed by atoms with van der Waals surface area (Å²) in [5.74, 6) is 2.50. The van der Waals surface area contributed by atoms with Gasteiger partial charge in [-0.05, 0) is 101 Å². The zero-order valence-electron chi connectivity index (χ0n) is 25.0. The van der Waals surface area contributed by atoms with Crippen molar-refractivity contribution in [2.24, 2.45) is 23.2 Å². The van der Waals surface area contributed by atoms with Crippen LogP contribution in [-0.4, -0.2) is 43.0 Å². The number of allylic oxidation sites excluding steroid dienone is 4. The van der Waals surface area contributed by atoms with Gasteiger partial charge in [-0.25, -0.2) is 15.0 Å². The standard InChI is InChI=1S/C32H49N7/c1-20(2)38(17-23-8-10-26(14-23)39-19-36-29-30(33)34-18-35-31(29)39)27-15-24(16-27)13-22(4)37-28-11-9-25(12-21(28)3)32(5,6)7/h9,11,18-20,23-27,37H,4,8,10,12-17H2,1-3,5-7H3,(H2,33,34,35). The van der Waals surface area contributed by atoms with E-state index < -0.39 is 0 Å². The third-order valence-electron chi connectivity index (χ3n) is 9.55. The largest absolute Gasteiger partial charge is 0.382 e. The second-order valence-electron chi connectivity index (χ2n) is 13.9. The fourth-order valence-corrected chi connectivity index (χ4v) is 7.02. The van der Waals surface area contributed by atoms with Crippen LogP contribution in [0.2, 0.25) is 0 Å². The lowest BCUT2D eigenvalue weighted by Crippen LogP contribution is -2.49. The van der Waals surface area contributed by atoms with Crippen LogP contribution in [0.1, 0.15) is 92.5 Å². The number of nitrogens with zero attached hydrogens (tertiary/aromatic N) is 5. The molecule has 2 saturated carbocycles. The van der Waals surface area contributed by atoms with Crippen LogP contribution in [0.3, 0.4) is 0 Å². The summed E-state index contributed by atoms with van der Waals surface area (Å²) in [4.78, 5) is 15.8. The molecular formula is C32H49N7. The Morgan fingerprint density at radius 1 is 1.15 bits per heavy atom. The van der Waals surface area contributed by atoms with Crippen molar-refractivity contribution in [1.82, 2.24) is 29.7 Å². The van der Waals surface area contributed by atoms with Crippen LogP contribution in [0, 0.1) is 23.2 Å². The van der Waals surface area contributed by atoms with Gasteiger partial charge in [0.25, 0.3) is 0 Å². The highest BCUT2D eigenvalue weighted by Crippen LogP contribution is 2.41.